The molecule has 1 aliphatic rings. The monoisotopic (exact) mass is 284 g/mol. The Balaban J connectivity index is 1.93. The van der Waals surface area contributed by atoms with Crippen LogP contribution in [0.3, 0.4) is 0 Å². The molecule has 21 heavy (non-hydrogen) atoms. The van der Waals surface area contributed by atoms with E-state index in [9.17, 15) is 4.79 Å². The first-order chi connectivity index (χ1) is 10.1. The zero-order chi connectivity index (χ0) is 15.0. The minimum absolute atomic E-state index is 0.0155. The summed E-state index contributed by atoms with van der Waals surface area (Å²) in [4.78, 5) is 18.7. The van der Waals surface area contributed by atoms with Gasteiger partial charge < -0.3 is 15.2 Å². The molecule has 0 spiro atoms. The zero-order valence-electron chi connectivity index (χ0n) is 12.4. The maximum Gasteiger partial charge on any atom is 0.293 e. The highest BCUT2D eigenvalue weighted by atomic mass is 16.1. The van der Waals surface area contributed by atoms with Gasteiger partial charge in [0.15, 0.2) is 5.82 Å². The Bertz CT molecular complexity index is 705. The van der Waals surface area contributed by atoms with Crippen LogP contribution in [0.25, 0.3) is 0 Å². The molecule has 0 aliphatic heterocycles. The second kappa shape index (κ2) is 5.24. The maximum atomic E-state index is 12.5. The third-order valence-electron chi connectivity index (χ3n) is 4.10. The molecule has 0 radical (unpaired) electrons. The Labute approximate surface area is 124 Å². The van der Waals surface area contributed by atoms with Gasteiger partial charge in [-0.15, -0.1) is 0 Å². The number of nitrogen functional groups attached to an aromatic ring is 1. The molecule has 0 saturated heterocycles. The van der Waals surface area contributed by atoms with E-state index in [1.54, 1.807) is 17.0 Å². The van der Waals surface area contributed by atoms with E-state index >= 15 is 0 Å². The third kappa shape index (κ3) is 2.63. The molecule has 1 unspecified atom stereocenters. The van der Waals surface area contributed by atoms with Crippen molar-refractivity contribution in [1.29, 1.82) is 0 Å². The lowest BCUT2D eigenvalue weighted by Gasteiger charge is -2.26. The lowest BCUT2D eigenvalue weighted by atomic mass is 10.1. The summed E-state index contributed by atoms with van der Waals surface area (Å²) in [5, 5.41) is 0. The van der Waals surface area contributed by atoms with Gasteiger partial charge in [-0.3, -0.25) is 4.79 Å². The van der Waals surface area contributed by atoms with E-state index in [1.165, 1.54) is 0 Å². The molecule has 1 aromatic carbocycles. The molecule has 1 aromatic heterocycles. The fourth-order valence-corrected chi connectivity index (χ4v) is 2.52. The van der Waals surface area contributed by atoms with E-state index < -0.39 is 0 Å². The van der Waals surface area contributed by atoms with E-state index in [1.807, 2.05) is 43.1 Å². The summed E-state index contributed by atoms with van der Waals surface area (Å²) in [5.74, 6) is 0.485. The number of nitrogens with zero attached hydrogens (tertiary/aromatic N) is 3. The summed E-state index contributed by atoms with van der Waals surface area (Å²) in [7, 11) is 1.90. The van der Waals surface area contributed by atoms with Crippen molar-refractivity contribution in [2.24, 2.45) is 0 Å². The predicted molar refractivity (Wildman–Crippen MR) is 84.4 cm³/mol. The first-order valence-electron chi connectivity index (χ1n) is 7.23. The van der Waals surface area contributed by atoms with Crippen molar-refractivity contribution in [2.45, 2.75) is 31.8 Å². The zero-order valence-corrected chi connectivity index (χ0v) is 12.4. The molecule has 3 rings (SSSR count). The van der Waals surface area contributed by atoms with Crippen LogP contribution in [-0.4, -0.2) is 16.6 Å². The molecule has 2 N–H and O–H groups in total. The van der Waals surface area contributed by atoms with Gasteiger partial charge in [0, 0.05) is 31.2 Å². The van der Waals surface area contributed by atoms with Crippen LogP contribution in [0.1, 0.15) is 37.4 Å². The first kappa shape index (κ1) is 13.7. The molecular weight excluding hydrogens is 264 g/mol. The van der Waals surface area contributed by atoms with Crippen molar-refractivity contribution in [2.75, 3.05) is 17.7 Å². The molecule has 5 heteroatoms. The van der Waals surface area contributed by atoms with Gasteiger partial charge in [0.2, 0.25) is 0 Å². The van der Waals surface area contributed by atoms with Gasteiger partial charge in [-0.05, 0) is 37.5 Å². The highest BCUT2D eigenvalue weighted by molar-refractivity contribution is 5.45. The molecule has 0 amide bonds. The standard InChI is InChI=1S/C16H20N4O/c1-11(12-4-3-5-13(17)10-12)19(2)15-16(21)20(9-8-18-15)14-6-7-14/h3-5,8-11,14H,6-7,17H2,1-2H3. The lowest BCUT2D eigenvalue weighted by Crippen LogP contribution is -2.32. The van der Waals surface area contributed by atoms with E-state index in [2.05, 4.69) is 4.98 Å². The Hall–Kier alpha value is -2.30. The van der Waals surface area contributed by atoms with E-state index in [4.69, 9.17) is 5.73 Å². The average Bonchev–Trinajstić information content (AvgIpc) is 3.30. The van der Waals surface area contributed by atoms with Gasteiger partial charge in [-0.1, -0.05) is 12.1 Å². The SMILES string of the molecule is CC(c1cccc(N)c1)N(C)c1nccn(C2CC2)c1=O. The second-order valence-electron chi connectivity index (χ2n) is 5.65. The number of hydrogen-bond acceptors (Lipinski definition) is 4. The Morgan fingerprint density at radius 3 is 2.86 bits per heavy atom. The van der Waals surface area contributed by atoms with Crippen LogP contribution in [0.2, 0.25) is 0 Å². The average molecular weight is 284 g/mol. The van der Waals surface area contributed by atoms with E-state index in [0.717, 1.165) is 24.1 Å². The normalized spacial score (nSPS) is 15.7. The van der Waals surface area contributed by atoms with Gasteiger partial charge in [-0.25, -0.2) is 4.98 Å². The number of rotatable bonds is 4. The third-order valence-corrected chi connectivity index (χ3v) is 4.10. The molecular formula is C16H20N4O. The van der Waals surface area contributed by atoms with Gasteiger partial charge in [0.1, 0.15) is 0 Å². The van der Waals surface area contributed by atoms with Crippen LogP contribution < -0.4 is 16.2 Å². The van der Waals surface area contributed by atoms with Crippen LogP contribution >= 0.6 is 0 Å². The molecule has 0 bridgehead atoms. The molecule has 1 heterocycles. The summed E-state index contributed by atoms with van der Waals surface area (Å²) in [6, 6.07) is 8.12. The Kier molecular flexibility index (Phi) is 3.41. The second-order valence-corrected chi connectivity index (χ2v) is 5.65. The van der Waals surface area contributed by atoms with E-state index in [-0.39, 0.29) is 11.6 Å². The summed E-state index contributed by atoms with van der Waals surface area (Å²) in [6.45, 7) is 2.05. The van der Waals surface area contributed by atoms with Gasteiger partial charge in [0.25, 0.3) is 5.56 Å². The molecule has 110 valence electrons. The fourth-order valence-electron chi connectivity index (χ4n) is 2.52. The van der Waals surface area contributed by atoms with Crippen molar-refractivity contribution in [3.05, 3.63) is 52.6 Å². The quantitative estimate of drug-likeness (QED) is 0.875. The maximum absolute atomic E-state index is 12.5. The van der Waals surface area contributed by atoms with Gasteiger partial charge in [0.05, 0.1) is 6.04 Å². The minimum atomic E-state index is -0.0155. The number of benzene rings is 1. The molecule has 1 fully saturated rings. The van der Waals surface area contributed by atoms with Crippen molar-refractivity contribution in [1.82, 2.24) is 9.55 Å². The van der Waals surface area contributed by atoms with Crippen LogP contribution in [0.15, 0.2) is 41.5 Å². The number of anilines is 2. The van der Waals surface area contributed by atoms with Crippen molar-refractivity contribution in [3.63, 3.8) is 0 Å². The largest absolute Gasteiger partial charge is 0.399 e. The van der Waals surface area contributed by atoms with Crippen LogP contribution in [0.4, 0.5) is 11.5 Å². The van der Waals surface area contributed by atoms with E-state index in [0.29, 0.717) is 11.9 Å². The smallest absolute Gasteiger partial charge is 0.293 e. The predicted octanol–water partition coefficient (Wildman–Crippen LogP) is 2.36. The van der Waals surface area contributed by atoms with Crippen LogP contribution in [0.5, 0.6) is 0 Å². The molecule has 2 aromatic rings. The van der Waals surface area contributed by atoms with Gasteiger partial charge >= 0.3 is 0 Å². The summed E-state index contributed by atoms with van der Waals surface area (Å²) in [5.41, 5.74) is 7.62. The minimum Gasteiger partial charge on any atom is -0.399 e. The Morgan fingerprint density at radius 2 is 2.19 bits per heavy atom. The van der Waals surface area contributed by atoms with Crippen molar-refractivity contribution in [3.8, 4) is 0 Å². The lowest BCUT2D eigenvalue weighted by molar-refractivity contribution is 0.669. The summed E-state index contributed by atoms with van der Waals surface area (Å²) >= 11 is 0. The molecule has 1 aliphatic carbocycles. The first-order valence-corrected chi connectivity index (χ1v) is 7.23. The van der Waals surface area contributed by atoms with Crippen LogP contribution in [0, 0.1) is 0 Å². The van der Waals surface area contributed by atoms with Crippen molar-refractivity contribution < 1.29 is 0 Å². The van der Waals surface area contributed by atoms with Crippen LogP contribution in [-0.2, 0) is 0 Å². The number of aromatic nitrogens is 2. The Morgan fingerprint density at radius 1 is 1.43 bits per heavy atom. The number of nitrogens with two attached hydrogens (primary N) is 1. The topological polar surface area (TPSA) is 64.2 Å². The van der Waals surface area contributed by atoms with Crippen molar-refractivity contribution >= 4 is 11.5 Å². The number of hydrogen-bond donors (Lipinski definition) is 1. The summed E-state index contributed by atoms with van der Waals surface area (Å²) < 4.78 is 1.80. The highest BCUT2D eigenvalue weighted by Gasteiger charge is 2.26. The molecule has 5 nitrogen and oxygen atoms in total. The fraction of sp³-hybridized carbons (Fsp3) is 0.375. The van der Waals surface area contributed by atoms with Gasteiger partial charge in [-0.2, -0.15) is 0 Å². The molecule has 1 saturated carbocycles. The highest BCUT2D eigenvalue weighted by Crippen LogP contribution is 2.33. The molecule has 1 atom stereocenters. The summed E-state index contributed by atoms with van der Waals surface area (Å²) in [6.07, 6.45) is 5.65.